The zero-order valence-electron chi connectivity index (χ0n) is 18.0. The number of rotatable bonds is 4. The number of pyridine rings is 1. The molecular formula is C26H23FN4O2. The number of piperidine rings is 1. The normalized spacial score (nSPS) is 19.4. The van der Waals surface area contributed by atoms with Gasteiger partial charge in [0.1, 0.15) is 11.5 Å². The van der Waals surface area contributed by atoms with Crippen molar-refractivity contribution in [3.05, 3.63) is 99.2 Å². The largest absolute Gasteiger partial charge is 0.317 e. The van der Waals surface area contributed by atoms with Crippen LogP contribution < -0.4 is 10.9 Å². The molecule has 1 saturated heterocycles. The molecule has 0 aliphatic carbocycles. The smallest absolute Gasteiger partial charge is 0.274 e. The Hall–Kier alpha value is -3.76. The molecule has 7 heteroatoms. The minimum atomic E-state index is -0.376. The molecule has 1 N–H and O–H groups in total. The van der Waals surface area contributed by atoms with Gasteiger partial charge in [-0.1, -0.05) is 12.1 Å². The van der Waals surface area contributed by atoms with E-state index < -0.39 is 0 Å². The molecule has 0 spiro atoms. The first kappa shape index (κ1) is 21.1. The highest BCUT2D eigenvalue weighted by Crippen LogP contribution is 2.36. The quantitative estimate of drug-likeness (QED) is 0.668. The number of aromatic nitrogens is 1. The van der Waals surface area contributed by atoms with Crippen LogP contribution in [0.15, 0.2) is 65.5 Å². The first-order chi connectivity index (χ1) is 16.0. The Morgan fingerprint density at radius 1 is 1.03 bits per heavy atom. The second-order valence-electron chi connectivity index (χ2n) is 8.85. The topological polar surface area (TPSA) is 78.1 Å². The standard InChI is InChI=1S/C26H23FN4O2/c27-22-7-3-18(4-8-22)13-30-14-19-11-21(16-30)24-10-9-23(26(33)31(24)15-19)29-25(32)20-5-1-17(12-28)2-6-20/h1-10,19,21H,11,13-16H2,(H,29,32). The number of halogens is 1. The van der Waals surface area contributed by atoms with Crippen molar-refractivity contribution in [2.45, 2.75) is 25.4 Å². The van der Waals surface area contributed by atoms with Gasteiger partial charge in [-0.3, -0.25) is 14.5 Å². The number of amides is 1. The molecule has 1 aromatic heterocycles. The van der Waals surface area contributed by atoms with E-state index in [1.165, 1.54) is 12.1 Å². The lowest BCUT2D eigenvalue weighted by atomic mass is 9.83. The van der Waals surface area contributed by atoms with Crippen molar-refractivity contribution in [3.8, 4) is 6.07 Å². The number of likely N-dealkylation sites (tertiary alicyclic amines) is 1. The molecule has 3 aromatic rings. The summed E-state index contributed by atoms with van der Waals surface area (Å²) in [6.07, 6.45) is 1.04. The van der Waals surface area contributed by atoms with Crippen LogP contribution >= 0.6 is 0 Å². The summed E-state index contributed by atoms with van der Waals surface area (Å²) in [5.41, 5.74) is 3.02. The number of benzene rings is 2. The summed E-state index contributed by atoms with van der Waals surface area (Å²) in [5.74, 6) is -0.0175. The third-order valence-electron chi connectivity index (χ3n) is 6.52. The Bertz CT molecular complexity index is 1290. The van der Waals surface area contributed by atoms with E-state index >= 15 is 0 Å². The van der Waals surface area contributed by atoms with Crippen molar-refractivity contribution in [1.82, 2.24) is 9.47 Å². The van der Waals surface area contributed by atoms with Crippen LogP contribution in [-0.2, 0) is 13.1 Å². The number of nitrogens with zero attached hydrogens (tertiary/aromatic N) is 3. The zero-order valence-corrected chi connectivity index (χ0v) is 18.0. The molecule has 0 radical (unpaired) electrons. The summed E-state index contributed by atoms with van der Waals surface area (Å²) in [6.45, 7) is 3.09. The highest BCUT2D eigenvalue weighted by Gasteiger charge is 2.35. The van der Waals surface area contributed by atoms with Gasteiger partial charge in [-0.25, -0.2) is 4.39 Å². The summed E-state index contributed by atoms with van der Waals surface area (Å²) in [4.78, 5) is 28.1. The molecule has 2 bridgehead atoms. The average Bonchev–Trinajstić information content (AvgIpc) is 2.82. The second-order valence-corrected chi connectivity index (χ2v) is 8.85. The Morgan fingerprint density at radius 2 is 1.79 bits per heavy atom. The lowest BCUT2D eigenvalue weighted by Gasteiger charge is -2.43. The lowest BCUT2D eigenvalue weighted by Crippen LogP contribution is -2.47. The van der Waals surface area contributed by atoms with E-state index in [2.05, 4.69) is 10.2 Å². The van der Waals surface area contributed by atoms with Gasteiger partial charge in [0, 0.05) is 43.4 Å². The molecule has 6 nitrogen and oxygen atoms in total. The number of nitrogens with one attached hydrogen (secondary N) is 1. The second kappa shape index (κ2) is 8.64. The van der Waals surface area contributed by atoms with E-state index in [0.717, 1.165) is 37.3 Å². The fourth-order valence-electron chi connectivity index (χ4n) is 5.01. The third kappa shape index (κ3) is 4.30. The van der Waals surface area contributed by atoms with Crippen LogP contribution in [0.25, 0.3) is 0 Å². The number of fused-ring (bicyclic) bond motifs is 4. The number of hydrogen-bond donors (Lipinski definition) is 1. The summed E-state index contributed by atoms with van der Waals surface area (Å²) in [7, 11) is 0. The van der Waals surface area contributed by atoms with Crippen LogP contribution in [-0.4, -0.2) is 28.5 Å². The summed E-state index contributed by atoms with van der Waals surface area (Å²) >= 11 is 0. The Labute approximate surface area is 190 Å². The van der Waals surface area contributed by atoms with Gasteiger partial charge >= 0.3 is 0 Å². The first-order valence-electron chi connectivity index (χ1n) is 11.0. The zero-order chi connectivity index (χ0) is 22.9. The molecular weight excluding hydrogens is 419 g/mol. The summed E-state index contributed by atoms with van der Waals surface area (Å²) in [5, 5.41) is 11.6. The van der Waals surface area contributed by atoms with Gasteiger partial charge in [-0.15, -0.1) is 0 Å². The molecule has 3 heterocycles. The van der Waals surface area contributed by atoms with E-state index in [-0.39, 0.29) is 28.9 Å². The van der Waals surface area contributed by atoms with E-state index in [4.69, 9.17) is 5.26 Å². The van der Waals surface area contributed by atoms with Crippen LogP contribution in [0.3, 0.4) is 0 Å². The van der Waals surface area contributed by atoms with Gasteiger partial charge in [0.2, 0.25) is 0 Å². The molecule has 166 valence electrons. The fraction of sp³-hybridized carbons (Fsp3) is 0.269. The molecule has 2 unspecified atom stereocenters. The molecule has 5 rings (SSSR count). The van der Waals surface area contributed by atoms with Gasteiger partial charge in [0.25, 0.3) is 11.5 Å². The minimum Gasteiger partial charge on any atom is -0.317 e. The monoisotopic (exact) mass is 442 g/mol. The van der Waals surface area contributed by atoms with E-state index in [9.17, 15) is 14.0 Å². The Balaban J connectivity index is 1.33. The number of anilines is 1. The lowest BCUT2D eigenvalue weighted by molar-refractivity contribution is 0.102. The molecule has 2 aromatic carbocycles. The van der Waals surface area contributed by atoms with Gasteiger partial charge in [-0.05, 0) is 66.4 Å². The van der Waals surface area contributed by atoms with E-state index in [1.54, 1.807) is 30.3 Å². The van der Waals surface area contributed by atoms with Crippen LogP contribution in [0.1, 0.15) is 39.5 Å². The van der Waals surface area contributed by atoms with E-state index in [0.29, 0.717) is 23.6 Å². The third-order valence-corrected chi connectivity index (χ3v) is 6.52. The molecule has 1 fully saturated rings. The number of carbonyl (C=O) groups is 1. The Kier molecular flexibility index (Phi) is 5.53. The maximum Gasteiger partial charge on any atom is 0.274 e. The van der Waals surface area contributed by atoms with Gasteiger partial charge in [0.05, 0.1) is 11.6 Å². The van der Waals surface area contributed by atoms with Crippen molar-refractivity contribution < 1.29 is 9.18 Å². The fourth-order valence-corrected chi connectivity index (χ4v) is 5.01. The van der Waals surface area contributed by atoms with Crippen molar-refractivity contribution in [2.75, 3.05) is 18.4 Å². The first-order valence-corrected chi connectivity index (χ1v) is 11.0. The predicted molar refractivity (Wildman–Crippen MR) is 122 cm³/mol. The molecule has 2 aliphatic rings. The summed E-state index contributed by atoms with van der Waals surface area (Å²) < 4.78 is 15.0. The number of carbonyl (C=O) groups excluding carboxylic acids is 1. The molecule has 2 atom stereocenters. The van der Waals surface area contributed by atoms with Crippen molar-refractivity contribution in [3.63, 3.8) is 0 Å². The molecule has 33 heavy (non-hydrogen) atoms. The Morgan fingerprint density at radius 3 is 2.52 bits per heavy atom. The molecule has 1 amide bonds. The van der Waals surface area contributed by atoms with Crippen LogP contribution in [0.5, 0.6) is 0 Å². The van der Waals surface area contributed by atoms with Gasteiger partial charge in [0.15, 0.2) is 0 Å². The predicted octanol–water partition coefficient (Wildman–Crippen LogP) is 3.73. The highest BCUT2D eigenvalue weighted by atomic mass is 19.1. The van der Waals surface area contributed by atoms with Crippen LogP contribution in [0.4, 0.5) is 10.1 Å². The van der Waals surface area contributed by atoms with E-state index in [1.807, 2.05) is 28.8 Å². The minimum absolute atomic E-state index is 0.184. The maximum absolute atomic E-state index is 13.2. The molecule has 2 aliphatic heterocycles. The van der Waals surface area contributed by atoms with Crippen molar-refractivity contribution in [2.24, 2.45) is 5.92 Å². The van der Waals surface area contributed by atoms with Crippen molar-refractivity contribution in [1.29, 1.82) is 5.26 Å². The number of hydrogen-bond acceptors (Lipinski definition) is 4. The SMILES string of the molecule is N#Cc1ccc(C(=O)Nc2ccc3n(c2=O)CC2CC3CN(Cc3ccc(F)cc3)C2)cc1. The van der Waals surface area contributed by atoms with Crippen LogP contribution in [0, 0.1) is 23.1 Å². The highest BCUT2D eigenvalue weighted by molar-refractivity contribution is 6.04. The summed E-state index contributed by atoms with van der Waals surface area (Å²) in [6, 6.07) is 18.6. The molecule has 0 saturated carbocycles. The average molecular weight is 442 g/mol. The maximum atomic E-state index is 13.2. The van der Waals surface area contributed by atoms with Crippen LogP contribution in [0.2, 0.25) is 0 Å². The van der Waals surface area contributed by atoms with Crippen molar-refractivity contribution >= 4 is 11.6 Å². The van der Waals surface area contributed by atoms with Gasteiger partial charge < -0.3 is 9.88 Å². The number of nitriles is 1. The van der Waals surface area contributed by atoms with Gasteiger partial charge in [-0.2, -0.15) is 5.26 Å².